The largest absolute Gasteiger partial charge is 0.238 e. The summed E-state index contributed by atoms with van der Waals surface area (Å²) in [5.41, 5.74) is 2.68. The van der Waals surface area contributed by atoms with Crippen LogP contribution in [-0.4, -0.2) is 21.4 Å². The van der Waals surface area contributed by atoms with E-state index in [1.807, 2.05) is 23.3 Å². The fourth-order valence-corrected chi connectivity index (χ4v) is 7.16. The van der Waals surface area contributed by atoms with Gasteiger partial charge in [0.25, 0.3) is 0 Å². The molecule has 0 N–H and O–H groups in total. The van der Waals surface area contributed by atoms with Gasteiger partial charge >= 0.3 is 0 Å². The molecule has 0 bridgehead atoms. The summed E-state index contributed by atoms with van der Waals surface area (Å²) in [5, 5.41) is 0. The molecule has 0 aliphatic heterocycles. The molecule has 2 fully saturated rings. The average Bonchev–Trinajstić information content (AvgIpc) is 3.11. The normalized spacial score (nSPS) is 20.2. The maximum atomic E-state index is 5.10. The second-order valence-electron chi connectivity index (χ2n) is 8.03. The molecule has 0 spiro atoms. The highest BCUT2D eigenvalue weighted by Crippen LogP contribution is 2.40. The number of rotatable bonds is 6. The van der Waals surface area contributed by atoms with Crippen LogP contribution in [0.25, 0.3) is 10.2 Å². The van der Waals surface area contributed by atoms with E-state index in [2.05, 4.69) is 29.4 Å². The Labute approximate surface area is 166 Å². The van der Waals surface area contributed by atoms with Gasteiger partial charge in [0.05, 0.1) is 10.2 Å². The van der Waals surface area contributed by atoms with Crippen LogP contribution in [0.4, 0.5) is 0 Å². The number of benzene rings is 1. The van der Waals surface area contributed by atoms with Crippen LogP contribution >= 0.6 is 23.3 Å². The smallest absolute Gasteiger partial charge is 0.166 e. The van der Waals surface area contributed by atoms with Gasteiger partial charge in [-0.25, -0.2) is 9.29 Å². The summed E-state index contributed by atoms with van der Waals surface area (Å²) in [7, 11) is 0. The van der Waals surface area contributed by atoms with Gasteiger partial charge in [0.1, 0.15) is 0 Å². The average molecular weight is 389 g/mol. The standard InChI is InChI=1S/C22H32N2S2/c1-2-10-17-11-9-16-20-21(17)23-22(25-20)26-24(18-12-5-3-6-13-18)19-14-7-4-8-15-19/h9,11,16,18-19H,2-8,10,12-15H2,1H3. The lowest BCUT2D eigenvalue weighted by molar-refractivity contribution is 0.185. The van der Waals surface area contributed by atoms with Gasteiger partial charge in [0, 0.05) is 12.1 Å². The van der Waals surface area contributed by atoms with Crippen LogP contribution in [0.2, 0.25) is 0 Å². The topological polar surface area (TPSA) is 16.1 Å². The third-order valence-electron chi connectivity index (χ3n) is 6.05. The van der Waals surface area contributed by atoms with E-state index < -0.39 is 0 Å². The number of aromatic nitrogens is 1. The Bertz CT molecular complexity index is 681. The molecule has 4 heteroatoms. The van der Waals surface area contributed by atoms with Crippen molar-refractivity contribution in [2.24, 2.45) is 0 Å². The van der Waals surface area contributed by atoms with Crippen molar-refractivity contribution in [2.45, 2.75) is 100 Å². The van der Waals surface area contributed by atoms with Crippen molar-refractivity contribution in [3.8, 4) is 0 Å². The van der Waals surface area contributed by atoms with Crippen molar-refractivity contribution in [1.82, 2.24) is 9.29 Å². The summed E-state index contributed by atoms with van der Waals surface area (Å²) in [6, 6.07) is 8.25. The second kappa shape index (κ2) is 9.07. The molecule has 2 nitrogen and oxygen atoms in total. The molecule has 26 heavy (non-hydrogen) atoms. The third-order valence-corrected chi connectivity index (χ3v) is 8.40. The highest BCUT2D eigenvalue weighted by Gasteiger charge is 2.30. The quantitative estimate of drug-likeness (QED) is 0.486. The number of hydrogen-bond donors (Lipinski definition) is 0. The van der Waals surface area contributed by atoms with E-state index >= 15 is 0 Å². The molecule has 0 atom stereocenters. The van der Waals surface area contributed by atoms with E-state index in [1.54, 1.807) is 0 Å². The van der Waals surface area contributed by atoms with Gasteiger partial charge in [0.2, 0.25) is 0 Å². The highest BCUT2D eigenvalue weighted by atomic mass is 32.2. The first-order valence-electron chi connectivity index (χ1n) is 10.7. The fraction of sp³-hybridized carbons (Fsp3) is 0.682. The number of hydrogen-bond acceptors (Lipinski definition) is 4. The van der Waals surface area contributed by atoms with E-state index in [4.69, 9.17) is 4.98 Å². The number of fused-ring (bicyclic) bond motifs is 1. The Morgan fingerprint density at radius 2 is 1.65 bits per heavy atom. The van der Waals surface area contributed by atoms with Crippen LogP contribution < -0.4 is 0 Å². The number of aryl methyl sites for hydroxylation is 1. The van der Waals surface area contributed by atoms with Gasteiger partial charge in [-0.3, -0.25) is 0 Å². The molecule has 0 unspecified atom stereocenters. The van der Waals surface area contributed by atoms with Gasteiger partial charge < -0.3 is 0 Å². The first kappa shape index (κ1) is 18.8. The molecule has 4 rings (SSSR count). The zero-order valence-corrected chi connectivity index (χ0v) is 17.7. The molecule has 0 radical (unpaired) electrons. The van der Waals surface area contributed by atoms with Gasteiger partial charge in [-0.1, -0.05) is 64.0 Å². The number of thiazole rings is 1. The predicted molar refractivity (Wildman–Crippen MR) is 115 cm³/mol. The van der Waals surface area contributed by atoms with Crippen LogP contribution in [-0.2, 0) is 6.42 Å². The molecular formula is C22H32N2S2. The summed E-state index contributed by atoms with van der Waals surface area (Å²) in [6.07, 6.45) is 16.4. The van der Waals surface area contributed by atoms with E-state index in [0.29, 0.717) is 0 Å². The SMILES string of the molecule is CCCc1cccc2sc(SN(C3CCCCC3)C3CCCCC3)nc12. The lowest BCUT2D eigenvalue weighted by atomic mass is 9.91. The minimum atomic E-state index is 0.763. The van der Waals surface area contributed by atoms with Crippen molar-refractivity contribution >= 4 is 33.5 Å². The molecule has 2 aliphatic carbocycles. The van der Waals surface area contributed by atoms with E-state index in [-0.39, 0.29) is 0 Å². The molecule has 2 saturated carbocycles. The summed E-state index contributed by atoms with van der Waals surface area (Å²) in [5.74, 6) is 0. The number of para-hydroxylation sites is 1. The van der Waals surface area contributed by atoms with Crippen LogP contribution in [0.1, 0.15) is 83.1 Å². The maximum absolute atomic E-state index is 5.10. The van der Waals surface area contributed by atoms with Crippen molar-refractivity contribution < 1.29 is 0 Å². The minimum Gasteiger partial charge on any atom is -0.238 e. The van der Waals surface area contributed by atoms with Crippen molar-refractivity contribution in [2.75, 3.05) is 0 Å². The Morgan fingerprint density at radius 3 is 2.27 bits per heavy atom. The van der Waals surface area contributed by atoms with Crippen molar-refractivity contribution in [3.05, 3.63) is 23.8 Å². The van der Waals surface area contributed by atoms with Crippen LogP contribution in [0, 0.1) is 0 Å². The van der Waals surface area contributed by atoms with Crippen LogP contribution in [0.5, 0.6) is 0 Å². The van der Waals surface area contributed by atoms with Gasteiger partial charge in [-0.15, -0.1) is 11.3 Å². The van der Waals surface area contributed by atoms with E-state index in [1.165, 1.54) is 90.7 Å². The molecule has 1 heterocycles. The lowest BCUT2D eigenvalue weighted by Crippen LogP contribution is -2.40. The van der Waals surface area contributed by atoms with Gasteiger partial charge in [0.15, 0.2) is 4.34 Å². The first-order chi connectivity index (χ1) is 12.8. The molecule has 1 aromatic heterocycles. The Balaban J connectivity index is 1.58. The van der Waals surface area contributed by atoms with Crippen molar-refractivity contribution in [1.29, 1.82) is 0 Å². The summed E-state index contributed by atoms with van der Waals surface area (Å²) < 4.78 is 5.43. The zero-order valence-electron chi connectivity index (χ0n) is 16.1. The first-order valence-corrected chi connectivity index (χ1v) is 12.3. The Kier molecular flexibility index (Phi) is 6.55. The molecule has 0 saturated heterocycles. The number of nitrogens with zero attached hydrogens (tertiary/aromatic N) is 2. The molecule has 2 aromatic rings. The monoisotopic (exact) mass is 388 g/mol. The zero-order chi connectivity index (χ0) is 17.8. The van der Waals surface area contributed by atoms with Gasteiger partial charge in [-0.2, -0.15) is 0 Å². The molecular weight excluding hydrogens is 356 g/mol. The van der Waals surface area contributed by atoms with Crippen molar-refractivity contribution in [3.63, 3.8) is 0 Å². The van der Waals surface area contributed by atoms with Crippen LogP contribution in [0.15, 0.2) is 22.5 Å². The molecule has 1 aromatic carbocycles. The summed E-state index contributed by atoms with van der Waals surface area (Å²) in [6.45, 7) is 2.26. The lowest BCUT2D eigenvalue weighted by Gasteiger charge is -2.40. The third kappa shape index (κ3) is 4.28. The van der Waals surface area contributed by atoms with E-state index in [9.17, 15) is 0 Å². The summed E-state index contributed by atoms with van der Waals surface area (Å²) in [4.78, 5) is 5.10. The Hall–Kier alpha value is -0.580. The maximum Gasteiger partial charge on any atom is 0.166 e. The summed E-state index contributed by atoms with van der Waals surface area (Å²) >= 11 is 3.90. The van der Waals surface area contributed by atoms with Crippen LogP contribution in [0.3, 0.4) is 0 Å². The molecule has 0 amide bonds. The fourth-order valence-electron chi connectivity index (χ4n) is 4.70. The minimum absolute atomic E-state index is 0.763. The Morgan fingerprint density at radius 1 is 1.00 bits per heavy atom. The highest BCUT2D eigenvalue weighted by molar-refractivity contribution is 7.99. The van der Waals surface area contributed by atoms with E-state index in [0.717, 1.165) is 18.5 Å². The molecule has 142 valence electrons. The second-order valence-corrected chi connectivity index (χ2v) is 10.3. The predicted octanol–water partition coefficient (Wildman–Crippen LogP) is 7.22. The van der Waals surface area contributed by atoms with Gasteiger partial charge in [-0.05, 0) is 55.7 Å². The molecule has 2 aliphatic rings.